The highest BCUT2D eigenvalue weighted by Crippen LogP contribution is 2.25. The van der Waals surface area contributed by atoms with E-state index in [9.17, 15) is 9.59 Å². The molecule has 0 fully saturated rings. The lowest BCUT2D eigenvalue weighted by molar-refractivity contribution is 0.0942. The summed E-state index contributed by atoms with van der Waals surface area (Å²) in [6, 6.07) is 8.14. The zero-order chi connectivity index (χ0) is 17.3. The summed E-state index contributed by atoms with van der Waals surface area (Å²) in [5, 5.41) is 3.59. The van der Waals surface area contributed by atoms with E-state index >= 15 is 0 Å². The minimum absolute atomic E-state index is 0.113. The molecule has 1 aromatic carbocycles. The molecule has 2 aromatic rings. The Morgan fingerprint density at radius 1 is 1.38 bits per heavy atom. The number of carbonyl (C=O) groups is 1. The van der Waals surface area contributed by atoms with Crippen molar-refractivity contribution >= 4 is 17.7 Å². The van der Waals surface area contributed by atoms with Crippen molar-refractivity contribution in [3.05, 3.63) is 57.5 Å². The highest BCUT2D eigenvalue weighted by atomic mass is 32.2. The first kappa shape index (κ1) is 16.8. The van der Waals surface area contributed by atoms with Crippen LogP contribution in [-0.4, -0.2) is 27.8 Å². The molecule has 0 saturated heterocycles. The summed E-state index contributed by atoms with van der Waals surface area (Å²) >= 11 is 1.54. The fraction of sp³-hybridized carbons (Fsp3) is 0.389. The number of nitrogens with zero attached hydrogens (tertiary/aromatic N) is 2. The fourth-order valence-electron chi connectivity index (χ4n) is 3.00. The van der Waals surface area contributed by atoms with E-state index in [1.165, 1.54) is 29.1 Å². The third-order valence-electron chi connectivity index (χ3n) is 4.37. The van der Waals surface area contributed by atoms with Crippen LogP contribution >= 0.6 is 11.8 Å². The lowest BCUT2D eigenvalue weighted by atomic mass is 9.82. The van der Waals surface area contributed by atoms with Crippen LogP contribution in [0.4, 0.5) is 0 Å². The van der Waals surface area contributed by atoms with Gasteiger partial charge in [0.2, 0.25) is 0 Å². The second kappa shape index (κ2) is 6.43. The SMILES string of the molecule is Cc1ccccc1C(C)(C)CNC(=O)c1cnc2n(c1=O)CCS2. The summed E-state index contributed by atoms with van der Waals surface area (Å²) in [5.41, 5.74) is 2.01. The van der Waals surface area contributed by atoms with E-state index in [0.717, 1.165) is 5.75 Å². The quantitative estimate of drug-likeness (QED) is 0.866. The van der Waals surface area contributed by atoms with E-state index < -0.39 is 0 Å². The number of nitrogens with one attached hydrogen (secondary N) is 1. The van der Waals surface area contributed by atoms with Gasteiger partial charge in [-0.05, 0) is 18.1 Å². The van der Waals surface area contributed by atoms with Gasteiger partial charge in [0.05, 0.1) is 0 Å². The van der Waals surface area contributed by atoms with Crippen LogP contribution in [0.1, 0.15) is 35.3 Å². The van der Waals surface area contributed by atoms with Crippen LogP contribution in [0.15, 0.2) is 40.4 Å². The highest BCUT2D eigenvalue weighted by molar-refractivity contribution is 7.99. The van der Waals surface area contributed by atoms with E-state index in [1.54, 1.807) is 4.57 Å². The van der Waals surface area contributed by atoms with Gasteiger partial charge in [0, 0.05) is 30.5 Å². The van der Waals surface area contributed by atoms with E-state index in [4.69, 9.17) is 0 Å². The van der Waals surface area contributed by atoms with Crippen LogP contribution in [0.5, 0.6) is 0 Å². The molecule has 6 heteroatoms. The fourth-order valence-corrected chi connectivity index (χ4v) is 3.91. The molecule has 0 spiro atoms. The first-order valence-electron chi connectivity index (χ1n) is 7.97. The van der Waals surface area contributed by atoms with Crippen molar-refractivity contribution in [3.8, 4) is 0 Å². The van der Waals surface area contributed by atoms with Crippen LogP contribution in [-0.2, 0) is 12.0 Å². The van der Waals surface area contributed by atoms with Gasteiger partial charge in [-0.15, -0.1) is 0 Å². The summed E-state index contributed by atoms with van der Waals surface area (Å²) < 4.78 is 1.58. The second-order valence-electron chi connectivity index (χ2n) is 6.64. The highest BCUT2D eigenvalue weighted by Gasteiger charge is 2.25. The van der Waals surface area contributed by atoms with Crippen LogP contribution < -0.4 is 10.9 Å². The minimum Gasteiger partial charge on any atom is -0.351 e. The summed E-state index contributed by atoms with van der Waals surface area (Å²) in [5.74, 6) is 0.467. The second-order valence-corrected chi connectivity index (χ2v) is 7.70. The lowest BCUT2D eigenvalue weighted by Gasteiger charge is -2.27. The van der Waals surface area contributed by atoms with Crippen molar-refractivity contribution in [3.63, 3.8) is 0 Å². The Hall–Kier alpha value is -2.08. The van der Waals surface area contributed by atoms with Gasteiger partial charge >= 0.3 is 0 Å². The number of fused-ring (bicyclic) bond motifs is 1. The average Bonchev–Trinajstić information content (AvgIpc) is 3.03. The van der Waals surface area contributed by atoms with Crippen LogP contribution in [0.3, 0.4) is 0 Å². The van der Waals surface area contributed by atoms with Gasteiger partial charge in [-0.3, -0.25) is 14.2 Å². The maximum atomic E-state index is 12.5. The minimum atomic E-state index is -0.360. The maximum absolute atomic E-state index is 12.5. The molecule has 2 heterocycles. The Balaban J connectivity index is 1.77. The smallest absolute Gasteiger partial charge is 0.267 e. The van der Waals surface area contributed by atoms with Crippen molar-refractivity contribution in [2.45, 2.75) is 37.9 Å². The number of hydrogen-bond donors (Lipinski definition) is 1. The molecule has 1 aromatic heterocycles. The predicted molar refractivity (Wildman–Crippen MR) is 95.8 cm³/mol. The largest absolute Gasteiger partial charge is 0.351 e. The maximum Gasteiger partial charge on any atom is 0.267 e. The number of thioether (sulfide) groups is 1. The molecule has 0 aliphatic carbocycles. The van der Waals surface area contributed by atoms with E-state index in [-0.39, 0.29) is 22.4 Å². The van der Waals surface area contributed by atoms with Gasteiger partial charge < -0.3 is 5.32 Å². The Labute approximate surface area is 145 Å². The number of carbonyl (C=O) groups excluding carboxylic acids is 1. The van der Waals surface area contributed by atoms with Crippen molar-refractivity contribution < 1.29 is 4.79 Å². The monoisotopic (exact) mass is 343 g/mol. The average molecular weight is 343 g/mol. The predicted octanol–water partition coefficient (Wildman–Crippen LogP) is 2.37. The number of aromatic nitrogens is 2. The first-order valence-corrected chi connectivity index (χ1v) is 8.96. The molecule has 1 N–H and O–H groups in total. The zero-order valence-corrected chi connectivity index (χ0v) is 14.9. The van der Waals surface area contributed by atoms with Crippen molar-refractivity contribution in [2.75, 3.05) is 12.3 Å². The third kappa shape index (κ3) is 3.11. The van der Waals surface area contributed by atoms with Crippen LogP contribution in [0.2, 0.25) is 0 Å². The van der Waals surface area contributed by atoms with Gasteiger partial charge in [0.1, 0.15) is 5.56 Å². The van der Waals surface area contributed by atoms with Gasteiger partial charge in [-0.2, -0.15) is 0 Å². The van der Waals surface area contributed by atoms with E-state index in [2.05, 4.69) is 43.2 Å². The summed E-state index contributed by atoms with van der Waals surface area (Å²) in [4.78, 5) is 29.1. The molecule has 0 radical (unpaired) electrons. The van der Waals surface area contributed by atoms with E-state index in [1.807, 2.05) is 12.1 Å². The Kier molecular flexibility index (Phi) is 4.49. The Bertz CT molecular complexity index is 842. The number of rotatable bonds is 4. The topological polar surface area (TPSA) is 64.0 Å². The van der Waals surface area contributed by atoms with Gasteiger partial charge in [0.15, 0.2) is 5.16 Å². The molecule has 126 valence electrons. The molecule has 0 bridgehead atoms. The standard InChI is InChI=1S/C18H21N3O2S/c1-12-6-4-5-7-14(12)18(2,3)11-20-15(22)13-10-19-17-21(16(13)23)8-9-24-17/h4-7,10H,8-9,11H2,1-3H3,(H,20,22). The first-order chi connectivity index (χ1) is 11.4. The van der Waals surface area contributed by atoms with Gasteiger partial charge in [-0.25, -0.2) is 4.98 Å². The normalized spacial score (nSPS) is 13.6. The molecule has 0 atom stereocenters. The Morgan fingerprint density at radius 3 is 2.88 bits per heavy atom. The third-order valence-corrected chi connectivity index (χ3v) is 5.34. The van der Waals surface area contributed by atoms with Crippen molar-refractivity contribution in [2.24, 2.45) is 0 Å². The molecular formula is C18H21N3O2S. The number of hydrogen-bond acceptors (Lipinski definition) is 4. The lowest BCUT2D eigenvalue weighted by Crippen LogP contribution is -2.40. The van der Waals surface area contributed by atoms with E-state index in [0.29, 0.717) is 18.2 Å². The molecule has 0 saturated carbocycles. The van der Waals surface area contributed by atoms with Crippen LogP contribution in [0.25, 0.3) is 0 Å². The molecule has 1 amide bonds. The zero-order valence-electron chi connectivity index (χ0n) is 14.1. The van der Waals surface area contributed by atoms with Crippen molar-refractivity contribution in [1.82, 2.24) is 14.9 Å². The molecule has 0 unspecified atom stereocenters. The van der Waals surface area contributed by atoms with Crippen molar-refractivity contribution in [1.29, 1.82) is 0 Å². The molecule has 3 rings (SSSR count). The molecule has 24 heavy (non-hydrogen) atoms. The number of amides is 1. The Morgan fingerprint density at radius 2 is 2.12 bits per heavy atom. The molecule has 5 nitrogen and oxygen atoms in total. The molecule has 1 aliphatic rings. The molecule has 1 aliphatic heterocycles. The molecular weight excluding hydrogens is 322 g/mol. The summed E-state index contributed by atoms with van der Waals surface area (Å²) in [6.45, 7) is 7.29. The number of aryl methyl sites for hydroxylation is 1. The van der Waals surface area contributed by atoms with Gasteiger partial charge in [0.25, 0.3) is 11.5 Å². The van der Waals surface area contributed by atoms with Crippen LogP contribution in [0, 0.1) is 6.92 Å². The summed E-state index contributed by atoms with van der Waals surface area (Å²) in [6.07, 6.45) is 1.39. The van der Waals surface area contributed by atoms with Gasteiger partial charge in [-0.1, -0.05) is 49.9 Å². The summed E-state index contributed by atoms with van der Waals surface area (Å²) in [7, 11) is 0. The number of benzene rings is 1.